The smallest absolute Gasteiger partial charge is 0.324 e. The number of aromatic nitrogens is 2. The van der Waals surface area contributed by atoms with E-state index in [0.717, 1.165) is 6.07 Å². The van der Waals surface area contributed by atoms with E-state index in [9.17, 15) is 22.8 Å². The Morgan fingerprint density at radius 1 is 1.07 bits per heavy atom. The molecule has 6 nitrogen and oxygen atoms in total. The molecular weight excluding hydrogens is 397 g/mol. The van der Waals surface area contributed by atoms with Crippen LogP contribution in [0.5, 0.6) is 0 Å². The third-order valence-electron chi connectivity index (χ3n) is 6.10. The van der Waals surface area contributed by atoms with Gasteiger partial charge in [-0.05, 0) is 49.1 Å². The number of nitrogens with zero attached hydrogens (tertiary/aromatic N) is 3. The molecular formula is C21H21F3N4O2. The highest BCUT2D eigenvalue weighted by Crippen LogP contribution is 2.48. The zero-order chi connectivity index (χ0) is 21.5. The van der Waals surface area contributed by atoms with Crippen molar-refractivity contribution in [2.75, 3.05) is 18.4 Å². The number of anilines is 1. The van der Waals surface area contributed by atoms with E-state index >= 15 is 0 Å². The van der Waals surface area contributed by atoms with Gasteiger partial charge < -0.3 is 10.2 Å². The molecule has 1 N–H and O–H groups in total. The van der Waals surface area contributed by atoms with Crippen LogP contribution in [-0.2, 0) is 6.18 Å². The van der Waals surface area contributed by atoms with Crippen LogP contribution in [0.2, 0.25) is 0 Å². The van der Waals surface area contributed by atoms with Gasteiger partial charge in [0.2, 0.25) is 0 Å². The van der Waals surface area contributed by atoms with Crippen molar-refractivity contribution in [2.45, 2.75) is 31.9 Å². The number of Topliss-reactive ketones (excluding diaryl/α,β-unsaturated/α-hetero) is 1. The lowest BCUT2D eigenvalue weighted by Crippen LogP contribution is -2.34. The fourth-order valence-electron chi connectivity index (χ4n) is 4.73. The van der Waals surface area contributed by atoms with Crippen LogP contribution in [0, 0.1) is 11.8 Å². The Bertz CT molecular complexity index is 965. The van der Waals surface area contributed by atoms with Gasteiger partial charge in [-0.3, -0.25) is 4.79 Å². The van der Waals surface area contributed by atoms with Gasteiger partial charge in [-0.2, -0.15) is 23.4 Å². The molecule has 2 aliphatic rings. The van der Waals surface area contributed by atoms with Gasteiger partial charge in [-0.25, -0.2) is 4.79 Å². The van der Waals surface area contributed by atoms with E-state index in [0.29, 0.717) is 37.2 Å². The van der Waals surface area contributed by atoms with E-state index in [2.05, 4.69) is 15.5 Å². The Morgan fingerprint density at radius 2 is 1.70 bits per heavy atom. The molecule has 30 heavy (non-hydrogen) atoms. The number of likely N-dealkylation sites (tertiary alicyclic amines) is 1. The third kappa shape index (κ3) is 3.88. The second-order valence-corrected chi connectivity index (χ2v) is 7.98. The number of fused-ring (bicyclic) bond motifs is 1. The summed E-state index contributed by atoms with van der Waals surface area (Å²) in [4.78, 5) is 26.0. The van der Waals surface area contributed by atoms with Crippen molar-refractivity contribution >= 4 is 17.5 Å². The Hall–Kier alpha value is -2.97. The first-order valence-electron chi connectivity index (χ1n) is 9.77. The van der Waals surface area contributed by atoms with Crippen LogP contribution in [0.4, 0.5) is 23.7 Å². The molecule has 4 rings (SSSR count). The Kier molecular flexibility index (Phi) is 5.21. The maximum absolute atomic E-state index is 13.4. The number of urea groups is 1. The van der Waals surface area contributed by atoms with Gasteiger partial charge >= 0.3 is 12.2 Å². The quantitative estimate of drug-likeness (QED) is 0.752. The van der Waals surface area contributed by atoms with Crippen LogP contribution in [0.3, 0.4) is 0 Å². The average molecular weight is 418 g/mol. The van der Waals surface area contributed by atoms with Crippen molar-refractivity contribution in [1.82, 2.24) is 15.1 Å². The molecule has 2 heterocycles. The normalized spacial score (nSPS) is 23.3. The van der Waals surface area contributed by atoms with Crippen LogP contribution in [0.15, 0.2) is 36.7 Å². The van der Waals surface area contributed by atoms with Crippen LogP contribution < -0.4 is 5.32 Å². The summed E-state index contributed by atoms with van der Waals surface area (Å²) >= 11 is 0. The predicted molar refractivity (Wildman–Crippen MR) is 103 cm³/mol. The van der Waals surface area contributed by atoms with Crippen LogP contribution in [0.1, 0.15) is 47.2 Å². The van der Waals surface area contributed by atoms with Gasteiger partial charge in [0.05, 0.1) is 29.2 Å². The van der Waals surface area contributed by atoms with Crippen molar-refractivity contribution in [1.29, 1.82) is 0 Å². The molecule has 0 spiro atoms. The van der Waals surface area contributed by atoms with Gasteiger partial charge in [0.1, 0.15) is 0 Å². The van der Waals surface area contributed by atoms with Crippen molar-refractivity contribution in [3.05, 3.63) is 53.3 Å². The molecule has 2 amide bonds. The highest BCUT2D eigenvalue weighted by atomic mass is 19.4. The summed E-state index contributed by atoms with van der Waals surface area (Å²) in [6.45, 7) is 2.34. The first-order valence-corrected chi connectivity index (χ1v) is 9.77. The Balaban J connectivity index is 1.42. The maximum atomic E-state index is 13.4. The SMILES string of the molecule is CC(=O)c1cnncc1NC(=O)N1C[C@H]2CC(c3ccccc3C(F)(F)F)C[C@H]2C1. The van der Waals surface area contributed by atoms with Crippen LogP contribution >= 0.6 is 0 Å². The molecule has 0 bridgehead atoms. The topological polar surface area (TPSA) is 75.2 Å². The first kappa shape index (κ1) is 20.3. The minimum absolute atomic E-state index is 0.156. The number of hydrogen-bond acceptors (Lipinski definition) is 4. The molecule has 9 heteroatoms. The van der Waals surface area contributed by atoms with Crippen molar-refractivity contribution in [2.24, 2.45) is 11.8 Å². The molecule has 1 aromatic heterocycles. The van der Waals surface area contributed by atoms with Gasteiger partial charge in [-0.15, -0.1) is 0 Å². The monoisotopic (exact) mass is 418 g/mol. The predicted octanol–water partition coefficient (Wildman–Crippen LogP) is 4.36. The second kappa shape index (κ2) is 7.70. The number of carbonyl (C=O) groups excluding carboxylic acids is 2. The van der Waals surface area contributed by atoms with E-state index in [1.807, 2.05) is 0 Å². The summed E-state index contributed by atoms with van der Waals surface area (Å²) in [7, 11) is 0. The first-order chi connectivity index (χ1) is 14.2. The highest BCUT2D eigenvalue weighted by Gasteiger charge is 2.45. The summed E-state index contributed by atoms with van der Waals surface area (Å²) < 4.78 is 40.1. The third-order valence-corrected chi connectivity index (χ3v) is 6.10. The number of halogens is 3. The van der Waals surface area contributed by atoms with Crippen molar-refractivity contribution in [3.8, 4) is 0 Å². The highest BCUT2D eigenvalue weighted by molar-refractivity contribution is 6.02. The zero-order valence-electron chi connectivity index (χ0n) is 16.3. The number of amides is 2. The average Bonchev–Trinajstić information content (AvgIpc) is 3.27. The molecule has 158 valence electrons. The fourth-order valence-corrected chi connectivity index (χ4v) is 4.73. The summed E-state index contributed by atoms with van der Waals surface area (Å²) in [5, 5.41) is 10.1. The minimum atomic E-state index is -4.37. The van der Waals surface area contributed by atoms with Gasteiger partial charge in [0.15, 0.2) is 5.78 Å². The number of benzene rings is 1. The summed E-state index contributed by atoms with van der Waals surface area (Å²) in [6.07, 6.45) is -0.490. The minimum Gasteiger partial charge on any atom is -0.324 e. The molecule has 1 saturated carbocycles. The molecule has 1 aliphatic heterocycles. The standard InChI is InChI=1S/C21H21F3N4O2/c1-12(29)17-8-25-26-9-19(17)27-20(30)28-10-14-6-13(7-15(14)11-28)16-4-2-3-5-18(16)21(22,23)24/h2-5,8-9,13-15H,6-7,10-11H2,1H3,(H,25,27,30)/t13?,14-,15+. The van der Waals surface area contributed by atoms with E-state index in [4.69, 9.17) is 0 Å². The lowest BCUT2D eigenvalue weighted by atomic mass is 9.91. The summed E-state index contributed by atoms with van der Waals surface area (Å²) in [5.41, 5.74) is 0.369. The molecule has 2 aromatic rings. The number of rotatable bonds is 3. The van der Waals surface area contributed by atoms with Gasteiger partial charge in [0.25, 0.3) is 0 Å². The fraction of sp³-hybridized carbons (Fsp3) is 0.429. The van der Waals surface area contributed by atoms with Crippen LogP contribution in [0.25, 0.3) is 0 Å². The van der Waals surface area contributed by atoms with Gasteiger partial charge in [-0.1, -0.05) is 18.2 Å². The Morgan fingerprint density at radius 3 is 2.33 bits per heavy atom. The maximum Gasteiger partial charge on any atom is 0.416 e. The van der Waals surface area contributed by atoms with E-state index in [1.165, 1.54) is 25.4 Å². The summed E-state index contributed by atoms with van der Waals surface area (Å²) in [5.74, 6) is -0.0730. The molecule has 0 radical (unpaired) electrons. The van der Waals surface area contributed by atoms with E-state index in [-0.39, 0.29) is 35.1 Å². The van der Waals surface area contributed by atoms with E-state index < -0.39 is 11.7 Å². The number of alkyl halides is 3. The zero-order valence-corrected chi connectivity index (χ0v) is 16.3. The molecule has 1 aromatic carbocycles. The van der Waals surface area contributed by atoms with Crippen molar-refractivity contribution in [3.63, 3.8) is 0 Å². The van der Waals surface area contributed by atoms with Crippen LogP contribution in [-0.4, -0.2) is 40.0 Å². The van der Waals surface area contributed by atoms with Gasteiger partial charge in [0, 0.05) is 13.1 Å². The molecule has 1 unspecified atom stereocenters. The number of carbonyl (C=O) groups is 2. The lowest BCUT2D eigenvalue weighted by molar-refractivity contribution is -0.138. The molecule has 1 saturated heterocycles. The lowest BCUT2D eigenvalue weighted by Gasteiger charge is -2.22. The number of nitrogens with one attached hydrogen (secondary N) is 1. The summed E-state index contributed by atoms with van der Waals surface area (Å²) in [6, 6.07) is 5.43. The van der Waals surface area contributed by atoms with E-state index in [1.54, 1.807) is 17.0 Å². The largest absolute Gasteiger partial charge is 0.416 e. The molecule has 3 atom stereocenters. The Labute approximate surface area is 171 Å². The van der Waals surface area contributed by atoms with Crippen molar-refractivity contribution < 1.29 is 22.8 Å². The molecule has 2 fully saturated rings. The number of hydrogen-bond donors (Lipinski definition) is 1. The molecule has 1 aliphatic carbocycles. The number of ketones is 1. The second-order valence-electron chi connectivity index (χ2n) is 7.98.